The Balaban J connectivity index is 2.58. The van der Waals surface area contributed by atoms with E-state index in [1.54, 1.807) is 27.9 Å². The fraction of sp³-hybridized carbons (Fsp3) is 0.900. The number of alkyl halides is 1. The van der Waals surface area contributed by atoms with Gasteiger partial charge in [0.05, 0.1) is 6.61 Å². The molecule has 0 bridgehead atoms. The van der Waals surface area contributed by atoms with Crippen LogP contribution in [-0.4, -0.2) is 60.0 Å². The molecule has 5 nitrogen and oxygen atoms in total. The minimum atomic E-state index is -1.07. The van der Waals surface area contributed by atoms with E-state index >= 15 is 0 Å². The van der Waals surface area contributed by atoms with Gasteiger partial charge in [0.15, 0.2) is 5.79 Å². The first-order valence-corrected chi connectivity index (χ1v) is 5.53. The summed E-state index contributed by atoms with van der Waals surface area (Å²) in [6, 6.07) is 0. The molecule has 1 saturated heterocycles. The number of rotatable bonds is 3. The number of amides is 1. The molecule has 1 aliphatic rings. The SMILES string of the molecule is CN(C)C(=O)[C@@H](Cl)[C@H](O)[C@H]1COC(C)(C)O1. The van der Waals surface area contributed by atoms with Gasteiger partial charge in [-0.25, -0.2) is 0 Å². The van der Waals surface area contributed by atoms with E-state index in [0.29, 0.717) is 0 Å². The predicted molar refractivity (Wildman–Crippen MR) is 59.2 cm³/mol. The van der Waals surface area contributed by atoms with Crippen LogP contribution >= 0.6 is 11.6 Å². The molecule has 0 unspecified atom stereocenters. The van der Waals surface area contributed by atoms with E-state index in [1.165, 1.54) is 4.90 Å². The molecule has 0 spiro atoms. The van der Waals surface area contributed by atoms with Crippen molar-refractivity contribution in [2.45, 2.75) is 37.2 Å². The highest BCUT2D eigenvalue weighted by Gasteiger charge is 2.41. The maximum atomic E-state index is 11.5. The summed E-state index contributed by atoms with van der Waals surface area (Å²) in [5.74, 6) is -1.08. The van der Waals surface area contributed by atoms with Gasteiger partial charge in [-0.15, -0.1) is 11.6 Å². The molecular weight excluding hydrogens is 234 g/mol. The highest BCUT2D eigenvalue weighted by Crippen LogP contribution is 2.26. The minimum absolute atomic E-state index is 0.234. The third-order valence-electron chi connectivity index (χ3n) is 2.39. The number of nitrogens with zero attached hydrogens (tertiary/aromatic N) is 1. The van der Waals surface area contributed by atoms with Gasteiger partial charge in [-0.05, 0) is 13.8 Å². The Labute approximate surface area is 100 Å². The van der Waals surface area contributed by atoms with Crippen molar-refractivity contribution in [3.05, 3.63) is 0 Å². The van der Waals surface area contributed by atoms with Crippen molar-refractivity contribution in [2.24, 2.45) is 0 Å². The van der Waals surface area contributed by atoms with E-state index in [2.05, 4.69) is 0 Å². The van der Waals surface area contributed by atoms with E-state index in [-0.39, 0.29) is 12.5 Å². The largest absolute Gasteiger partial charge is 0.388 e. The Kier molecular flexibility index (Phi) is 4.17. The third kappa shape index (κ3) is 3.07. The number of halogens is 1. The first-order valence-electron chi connectivity index (χ1n) is 5.09. The third-order valence-corrected chi connectivity index (χ3v) is 2.83. The van der Waals surface area contributed by atoms with E-state index in [9.17, 15) is 9.90 Å². The van der Waals surface area contributed by atoms with Crippen LogP contribution in [0.3, 0.4) is 0 Å². The van der Waals surface area contributed by atoms with Crippen LogP contribution in [0.25, 0.3) is 0 Å². The van der Waals surface area contributed by atoms with Gasteiger partial charge in [-0.2, -0.15) is 0 Å². The molecule has 0 aromatic carbocycles. The molecule has 0 aromatic rings. The number of hydrogen-bond donors (Lipinski definition) is 1. The Morgan fingerprint density at radius 1 is 1.56 bits per heavy atom. The molecule has 6 heteroatoms. The fourth-order valence-corrected chi connectivity index (χ4v) is 1.82. The molecule has 1 amide bonds. The van der Waals surface area contributed by atoms with Crippen LogP contribution in [0.15, 0.2) is 0 Å². The molecule has 94 valence electrons. The average Bonchev–Trinajstić information content (AvgIpc) is 2.55. The molecule has 1 fully saturated rings. The molecule has 1 heterocycles. The first-order chi connectivity index (χ1) is 7.24. The molecule has 16 heavy (non-hydrogen) atoms. The second kappa shape index (κ2) is 4.87. The number of aliphatic hydroxyl groups is 1. The Morgan fingerprint density at radius 3 is 2.50 bits per heavy atom. The van der Waals surface area contributed by atoms with Gasteiger partial charge >= 0.3 is 0 Å². The summed E-state index contributed by atoms with van der Waals surface area (Å²) in [6.45, 7) is 3.73. The summed E-state index contributed by atoms with van der Waals surface area (Å²) in [6.07, 6.45) is -1.64. The molecule has 1 N–H and O–H groups in total. The minimum Gasteiger partial charge on any atom is -0.388 e. The maximum Gasteiger partial charge on any atom is 0.242 e. The second-order valence-electron chi connectivity index (χ2n) is 4.49. The molecule has 0 saturated carbocycles. The van der Waals surface area contributed by atoms with Gasteiger partial charge in [-0.3, -0.25) is 4.79 Å². The monoisotopic (exact) mass is 251 g/mol. The topological polar surface area (TPSA) is 59.0 Å². The molecule has 0 aromatic heterocycles. The number of aliphatic hydroxyl groups excluding tert-OH is 1. The Morgan fingerprint density at radius 2 is 2.12 bits per heavy atom. The van der Waals surface area contributed by atoms with Crippen molar-refractivity contribution in [3.63, 3.8) is 0 Å². The average molecular weight is 252 g/mol. The maximum absolute atomic E-state index is 11.5. The lowest BCUT2D eigenvalue weighted by molar-refractivity contribution is -0.154. The van der Waals surface area contributed by atoms with Crippen LogP contribution in [0, 0.1) is 0 Å². The lowest BCUT2D eigenvalue weighted by atomic mass is 10.1. The van der Waals surface area contributed by atoms with Gasteiger partial charge in [0.25, 0.3) is 0 Å². The highest BCUT2D eigenvalue weighted by atomic mass is 35.5. The van der Waals surface area contributed by atoms with Crippen LogP contribution in [0.2, 0.25) is 0 Å². The lowest BCUT2D eigenvalue weighted by Crippen LogP contribution is -2.45. The van der Waals surface area contributed by atoms with Crippen molar-refractivity contribution < 1.29 is 19.4 Å². The predicted octanol–water partition coefficient (Wildman–Crippen LogP) is 0.194. The lowest BCUT2D eigenvalue weighted by Gasteiger charge is -2.24. The van der Waals surface area contributed by atoms with Crippen LogP contribution in [0.1, 0.15) is 13.8 Å². The zero-order valence-electron chi connectivity index (χ0n) is 9.94. The van der Waals surface area contributed by atoms with Gasteiger partial charge in [0.2, 0.25) is 5.91 Å². The number of carbonyl (C=O) groups is 1. The standard InChI is InChI=1S/C10H18ClNO4/c1-10(2)15-5-6(16-10)8(13)7(11)9(14)12(3)4/h6-8,13H,5H2,1-4H3/t6-,7+,8-/m1/s1. The van der Waals surface area contributed by atoms with Gasteiger partial charge in [-0.1, -0.05) is 0 Å². The summed E-state index contributed by atoms with van der Waals surface area (Å²) in [5, 5.41) is 8.87. The van der Waals surface area contributed by atoms with E-state index in [0.717, 1.165) is 0 Å². The van der Waals surface area contributed by atoms with Crippen molar-refractivity contribution in [3.8, 4) is 0 Å². The number of carbonyl (C=O) groups excluding carboxylic acids is 1. The second-order valence-corrected chi connectivity index (χ2v) is 4.96. The van der Waals surface area contributed by atoms with Crippen LogP contribution in [0.5, 0.6) is 0 Å². The number of ether oxygens (including phenoxy) is 2. The van der Waals surface area contributed by atoms with Crippen LogP contribution in [-0.2, 0) is 14.3 Å². The summed E-state index contributed by atoms with van der Waals surface area (Å²) < 4.78 is 10.7. The zero-order chi connectivity index (χ0) is 12.5. The summed E-state index contributed by atoms with van der Waals surface area (Å²) in [5.41, 5.74) is 0. The van der Waals surface area contributed by atoms with Crippen LogP contribution < -0.4 is 0 Å². The summed E-state index contributed by atoms with van der Waals surface area (Å²) in [4.78, 5) is 12.9. The van der Waals surface area contributed by atoms with E-state index in [4.69, 9.17) is 21.1 Å². The molecule has 1 aliphatic heterocycles. The smallest absolute Gasteiger partial charge is 0.242 e. The first kappa shape index (κ1) is 13.7. The number of hydrogen-bond acceptors (Lipinski definition) is 4. The molecule has 3 atom stereocenters. The quantitative estimate of drug-likeness (QED) is 0.728. The molecule has 0 aliphatic carbocycles. The van der Waals surface area contributed by atoms with Gasteiger partial charge in [0, 0.05) is 14.1 Å². The Hall–Kier alpha value is -0.360. The zero-order valence-corrected chi connectivity index (χ0v) is 10.7. The summed E-state index contributed by atoms with van der Waals surface area (Å²) >= 11 is 5.87. The van der Waals surface area contributed by atoms with Crippen molar-refractivity contribution in [1.82, 2.24) is 4.90 Å². The van der Waals surface area contributed by atoms with E-state index < -0.39 is 23.4 Å². The van der Waals surface area contributed by atoms with E-state index in [1.807, 2.05) is 0 Å². The normalized spacial score (nSPS) is 27.5. The fourth-order valence-electron chi connectivity index (χ4n) is 1.46. The summed E-state index contributed by atoms with van der Waals surface area (Å²) in [7, 11) is 3.17. The van der Waals surface area contributed by atoms with Gasteiger partial charge < -0.3 is 19.5 Å². The van der Waals surface area contributed by atoms with Crippen LogP contribution in [0.4, 0.5) is 0 Å². The van der Waals surface area contributed by atoms with Crippen molar-refractivity contribution in [1.29, 1.82) is 0 Å². The molecule has 1 rings (SSSR count). The van der Waals surface area contributed by atoms with Crippen molar-refractivity contribution in [2.75, 3.05) is 20.7 Å². The van der Waals surface area contributed by atoms with Gasteiger partial charge in [0.1, 0.15) is 17.6 Å². The van der Waals surface area contributed by atoms with Crippen molar-refractivity contribution >= 4 is 17.5 Å². The highest BCUT2D eigenvalue weighted by molar-refractivity contribution is 6.31. The molecule has 0 radical (unpaired) electrons. The Bertz CT molecular complexity index is 270. The molecular formula is C10H18ClNO4.